The highest BCUT2D eigenvalue weighted by atomic mass is 35.5. The predicted octanol–water partition coefficient (Wildman–Crippen LogP) is 3.29. The number of carboxylic acids is 2. The minimum Gasteiger partial charge on any atom is -0.490 e. The number of nitrogens with one attached hydrogen (secondary N) is 1. The molecule has 2 aromatic carbocycles. The number of hydrogen-bond acceptors (Lipinski definition) is 7. The van der Waals surface area contributed by atoms with Crippen LogP contribution in [0, 0.1) is 0 Å². The monoisotopic (exact) mass is 472 g/mol. The van der Waals surface area contributed by atoms with E-state index in [1.807, 2.05) is 4.98 Å². The maximum atomic E-state index is 12.5. The van der Waals surface area contributed by atoms with Gasteiger partial charge in [0.2, 0.25) is 0 Å². The van der Waals surface area contributed by atoms with Crippen molar-refractivity contribution < 1.29 is 34.1 Å². The van der Waals surface area contributed by atoms with Gasteiger partial charge in [0, 0.05) is 5.56 Å². The number of H-pyrrole nitrogens is 1. The molecule has 10 nitrogen and oxygen atoms in total. The van der Waals surface area contributed by atoms with Crippen LogP contribution in [0.3, 0.4) is 0 Å². The predicted molar refractivity (Wildman–Crippen MR) is 118 cm³/mol. The summed E-state index contributed by atoms with van der Waals surface area (Å²) in [7, 11) is 0. The summed E-state index contributed by atoms with van der Waals surface area (Å²) in [5, 5.41) is 19.3. The number of pyridine rings is 1. The van der Waals surface area contributed by atoms with E-state index in [1.54, 1.807) is 19.1 Å². The lowest BCUT2D eigenvalue weighted by Crippen LogP contribution is -2.24. The molecular weight excluding hydrogens is 456 g/mol. The molecular formula is C22H17ClN2O8. The number of halogens is 1. The molecule has 0 aliphatic heterocycles. The fourth-order valence-corrected chi connectivity index (χ4v) is 3.35. The Morgan fingerprint density at radius 1 is 1.03 bits per heavy atom. The molecule has 3 rings (SSSR count). The quantitative estimate of drug-likeness (QED) is 0.297. The smallest absolute Gasteiger partial charge is 0.345 e. The Labute approximate surface area is 191 Å². The standard InChI is InChI=1S/C22H17ClN2O8/c1-2-32-14-9-10(7-8-13(14)33-22(31)11-5-3-4-6-12(11)23)15-16(20(27)28)18(24)25-19(26)17(15)21(29)30/h3-9H,2H2,1H3,(H,27,28)(H,29,30)(H3,24,25,26). The molecule has 0 bridgehead atoms. The van der Waals surface area contributed by atoms with Gasteiger partial charge in [0.25, 0.3) is 5.56 Å². The molecule has 11 heteroatoms. The van der Waals surface area contributed by atoms with Crippen LogP contribution in [-0.4, -0.2) is 39.7 Å². The number of anilines is 1. The van der Waals surface area contributed by atoms with Gasteiger partial charge in [-0.2, -0.15) is 0 Å². The van der Waals surface area contributed by atoms with E-state index < -0.39 is 46.0 Å². The van der Waals surface area contributed by atoms with Crippen LogP contribution in [0.5, 0.6) is 11.5 Å². The van der Waals surface area contributed by atoms with Crippen LogP contribution >= 0.6 is 11.6 Å². The van der Waals surface area contributed by atoms with Crippen molar-refractivity contribution in [2.45, 2.75) is 6.92 Å². The number of aromatic nitrogens is 1. The summed E-state index contributed by atoms with van der Waals surface area (Å²) in [6.45, 7) is 1.79. The van der Waals surface area contributed by atoms with Crippen LogP contribution in [0.2, 0.25) is 5.02 Å². The third kappa shape index (κ3) is 4.65. The number of carbonyl (C=O) groups excluding carboxylic acids is 1. The largest absolute Gasteiger partial charge is 0.490 e. The van der Waals surface area contributed by atoms with Crippen molar-refractivity contribution in [1.82, 2.24) is 4.98 Å². The van der Waals surface area contributed by atoms with E-state index in [-0.39, 0.29) is 34.3 Å². The minimum absolute atomic E-state index is 0.00179. The lowest BCUT2D eigenvalue weighted by Gasteiger charge is -2.15. The third-order valence-corrected chi connectivity index (χ3v) is 4.83. The zero-order chi connectivity index (χ0) is 24.3. The summed E-state index contributed by atoms with van der Waals surface area (Å²) in [5.74, 6) is -4.51. The maximum Gasteiger partial charge on any atom is 0.345 e. The molecule has 5 N–H and O–H groups in total. The van der Waals surface area contributed by atoms with Gasteiger partial charge in [0.1, 0.15) is 16.9 Å². The SMILES string of the molecule is CCOc1cc(-c2c(C(=O)O)c(N)[nH]c(=O)c2C(=O)O)ccc1OC(=O)c1ccccc1Cl. The molecule has 0 saturated carbocycles. The number of nitrogens with two attached hydrogens (primary N) is 1. The third-order valence-electron chi connectivity index (χ3n) is 4.50. The van der Waals surface area contributed by atoms with Crippen molar-refractivity contribution in [3.05, 3.63) is 74.5 Å². The van der Waals surface area contributed by atoms with Gasteiger partial charge in [0.05, 0.1) is 17.2 Å². The summed E-state index contributed by atoms with van der Waals surface area (Å²) in [5.41, 5.74) is 2.86. The average Bonchev–Trinajstić information content (AvgIpc) is 2.74. The van der Waals surface area contributed by atoms with Crippen LogP contribution in [0.4, 0.5) is 5.82 Å². The number of esters is 1. The normalized spacial score (nSPS) is 10.5. The Morgan fingerprint density at radius 3 is 2.30 bits per heavy atom. The molecule has 0 aliphatic rings. The van der Waals surface area contributed by atoms with Gasteiger partial charge in [-0.05, 0) is 36.8 Å². The van der Waals surface area contributed by atoms with Gasteiger partial charge in [-0.15, -0.1) is 0 Å². The number of nitrogen functional groups attached to an aromatic ring is 1. The number of carboxylic acid groups (broad SMARTS) is 2. The van der Waals surface area contributed by atoms with Crippen molar-refractivity contribution >= 4 is 35.3 Å². The van der Waals surface area contributed by atoms with Gasteiger partial charge in [0.15, 0.2) is 11.5 Å². The fourth-order valence-electron chi connectivity index (χ4n) is 3.13. The van der Waals surface area contributed by atoms with Gasteiger partial charge >= 0.3 is 17.9 Å². The lowest BCUT2D eigenvalue weighted by molar-refractivity contribution is 0.0693. The van der Waals surface area contributed by atoms with Gasteiger partial charge < -0.3 is 30.4 Å². The number of ether oxygens (including phenoxy) is 2. The molecule has 0 atom stereocenters. The number of hydrogen-bond donors (Lipinski definition) is 4. The molecule has 0 radical (unpaired) electrons. The number of rotatable bonds is 7. The molecule has 3 aromatic rings. The fraction of sp³-hybridized carbons (Fsp3) is 0.0909. The first-order chi connectivity index (χ1) is 15.6. The Hall–Kier alpha value is -4.31. The molecule has 170 valence electrons. The molecule has 0 fully saturated rings. The first kappa shape index (κ1) is 23.4. The minimum atomic E-state index is -1.65. The van der Waals surface area contributed by atoms with E-state index >= 15 is 0 Å². The topological polar surface area (TPSA) is 169 Å². The molecule has 0 amide bonds. The van der Waals surface area contributed by atoms with Crippen LogP contribution in [0.1, 0.15) is 38.0 Å². The van der Waals surface area contributed by atoms with E-state index in [0.29, 0.717) is 0 Å². The highest BCUT2D eigenvalue weighted by molar-refractivity contribution is 6.33. The van der Waals surface area contributed by atoms with Crippen LogP contribution in [0.25, 0.3) is 11.1 Å². The summed E-state index contributed by atoms with van der Waals surface area (Å²) >= 11 is 6.03. The zero-order valence-corrected chi connectivity index (χ0v) is 17.8. The first-order valence-electron chi connectivity index (χ1n) is 9.41. The second-order valence-corrected chi connectivity index (χ2v) is 6.97. The highest BCUT2D eigenvalue weighted by Crippen LogP contribution is 2.37. The maximum absolute atomic E-state index is 12.5. The van der Waals surface area contributed by atoms with E-state index in [1.165, 1.54) is 30.3 Å². The summed E-state index contributed by atoms with van der Waals surface area (Å²) in [4.78, 5) is 50.4. The van der Waals surface area contributed by atoms with E-state index in [4.69, 9.17) is 26.8 Å². The molecule has 1 heterocycles. The molecule has 0 saturated heterocycles. The Morgan fingerprint density at radius 2 is 1.70 bits per heavy atom. The Kier molecular flexibility index (Phi) is 6.69. The van der Waals surface area contributed by atoms with Crippen molar-refractivity contribution in [1.29, 1.82) is 0 Å². The summed E-state index contributed by atoms with van der Waals surface area (Å²) in [6, 6.07) is 10.1. The van der Waals surface area contributed by atoms with Crippen LogP contribution in [-0.2, 0) is 0 Å². The van der Waals surface area contributed by atoms with Crippen LogP contribution in [0.15, 0.2) is 47.3 Å². The second-order valence-electron chi connectivity index (χ2n) is 6.57. The van der Waals surface area contributed by atoms with Crippen molar-refractivity contribution in [3.63, 3.8) is 0 Å². The van der Waals surface area contributed by atoms with Crippen molar-refractivity contribution in [3.8, 4) is 22.6 Å². The van der Waals surface area contributed by atoms with Gasteiger partial charge in [-0.1, -0.05) is 29.8 Å². The molecule has 0 unspecified atom stereocenters. The number of aromatic carboxylic acids is 2. The van der Waals surface area contributed by atoms with Gasteiger partial charge in [-0.3, -0.25) is 4.79 Å². The highest BCUT2D eigenvalue weighted by Gasteiger charge is 2.27. The van der Waals surface area contributed by atoms with Gasteiger partial charge in [-0.25, -0.2) is 14.4 Å². The van der Waals surface area contributed by atoms with Crippen molar-refractivity contribution in [2.75, 3.05) is 12.3 Å². The summed E-state index contributed by atoms with van der Waals surface area (Å²) < 4.78 is 10.9. The average molecular weight is 473 g/mol. The Bertz CT molecular complexity index is 1330. The van der Waals surface area contributed by atoms with E-state index in [2.05, 4.69) is 0 Å². The van der Waals surface area contributed by atoms with E-state index in [0.717, 1.165) is 0 Å². The molecule has 1 aromatic heterocycles. The van der Waals surface area contributed by atoms with E-state index in [9.17, 15) is 29.4 Å². The number of aromatic amines is 1. The molecule has 33 heavy (non-hydrogen) atoms. The first-order valence-corrected chi connectivity index (χ1v) is 9.79. The second kappa shape index (κ2) is 9.45. The zero-order valence-electron chi connectivity index (χ0n) is 17.0. The van der Waals surface area contributed by atoms with Crippen LogP contribution < -0.4 is 20.8 Å². The lowest BCUT2D eigenvalue weighted by atomic mass is 9.95. The number of benzene rings is 2. The summed E-state index contributed by atoms with van der Waals surface area (Å²) in [6.07, 6.45) is 0. The Balaban J connectivity index is 2.18. The molecule has 0 aliphatic carbocycles. The van der Waals surface area contributed by atoms with Crippen molar-refractivity contribution in [2.24, 2.45) is 0 Å². The molecule has 0 spiro atoms. The number of carbonyl (C=O) groups is 3.